The Hall–Kier alpha value is -2.05. The van der Waals surface area contributed by atoms with Crippen LogP contribution in [-0.4, -0.2) is 24.1 Å². The quantitative estimate of drug-likeness (QED) is 0.824. The van der Waals surface area contributed by atoms with Gasteiger partial charge in [-0.2, -0.15) is 0 Å². The van der Waals surface area contributed by atoms with E-state index in [1.54, 1.807) is 0 Å². The number of anilines is 1. The zero-order valence-corrected chi connectivity index (χ0v) is 13.1. The Balaban J connectivity index is 2.47. The van der Waals surface area contributed by atoms with E-state index in [0.717, 1.165) is 29.7 Å². The average molecular weight is 281 g/mol. The molecular weight excluding hydrogens is 258 g/mol. The molecule has 3 heteroatoms. The van der Waals surface area contributed by atoms with Crippen LogP contribution in [0.1, 0.15) is 26.5 Å². The molecule has 0 fully saturated rings. The van der Waals surface area contributed by atoms with Gasteiger partial charge in [0, 0.05) is 30.2 Å². The molecule has 2 aromatic rings. The largest absolute Gasteiger partial charge is 0.360 e. The Labute approximate surface area is 127 Å². The Morgan fingerprint density at radius 2 is 2.10 bits per heavy atom. The van der Waals surface area contributed by atoms with Crippen LogP contribution in [-0.2, 0) is 6.54 Å². The van der Waals surface area contributed by atoms with Crippen molar-refractivity contribution in [2.75, 3.05) is 18.0 Å². The van der Waals surface area contributed by atoms with E-state index in [2.05, 4.69) is 55.1 Å². The molecule has 0 unspecified atom stereocenters. The average Bonchev–Trinajstić information content (AvgIpc) is 2.50. The van der Waals surface area contributed by atoms with Crippen LogP contribution >= 0.6 is 0 Å². The van der Waals surface area contributed by atoms with Gasteiger partial charge >= 0.3 is 0 Å². The number of rotatable bonds is 6. The molecule has 2 rings (SSSR count). The number of hydrogen-bond acceptors (Lipinski definition) is 3. The lowest BCUT2D eigenvalue weighted by Gasteiger charge is -2.23. The lowest BCUT2D eigenvalue weighted by Crippen LogP contribution is -2.25. The minimum absolute atomic E-state index is 0.440. The van der Waals surface area contributed by atoms with Crippen molar-refractivity contribution in [3.63, 3.8) is 0 Å². The van der Waals surface area contributed by atoms with Gasteiger partial charge in [-0.25, -0.2) is 0 Å². The van der Waals surface area contributed by atoms with Crippen molar-refractivity contribution in [1.29, 1.82) is 0 Å². The zero-order valence-electron chi connectivity index (χ0n) is 13.1. The molecule has 0 amide bonds. The first-order valence-electron chi connectivity index (χ1n) is 7.46. The maximum atomic E-state index is 5.50. The molecule has 0 atom stereocenters. The number of benzene rings is 1. The van der Waals surface area contributed by atoms with E-state index in [1.165, 1.54) is 5.69 Å². The summed E-state index contributed by atoms with van der Waals surface area (Å²) >= 11 is 0. The first kappa shape index (κ1) is 15.3. The molecule has 1 N–H and O–H groups in total. The Morgan fingerprint density at radius 3 is 2.76 bits per heavy atom. The van der Waals surface area contributed by atoms with Crippen LogP contribution in [0.5, 0.6) is 0 Å². The van der Waals surface area contributed by atoms with Crippen molar-refractivity contribution in [3.8, 4) is 12.3 Å². The van der Waals surface area contributed by atoms with Crippen molar-refractivity contribution in [2.24, 2.45) is 0 Å². The second-order valence-corrected chi connectivity index (χ2v) is 5.40. The van der Waals surface area contributed by atoms with E-state index in [0.29, 0.717) is 12.6 Å². The molecule has 3 nitrogen and oxygen atoms in total. The van der Waals surface area contributed by atoms with Crippen LogP contribution in [0.3, 0.4) is 0 Å². The molecule has 0 saturated carbocycles. The molecule has 1 aromatic carbocycles. The van der Waals surface area contributed by atoms with Gasteiger partial charge in [0.15, 0.2) is 0 Å². The minimum atomic E-state index is 0.440. The predicted octanol–water partition coefficient (Wildman–Crippen LogP) is 3.19. The third-order valence-electron chi connectivity index (χ3n) is 3.44. The van der Waals surface area contributed by atoms with E-state index in [1.807, 2.05) is 12.1 Å². The van der Waals surface area contributed by atoms with Gasteiger partial charge in [-0.15, -0.1) is 6.42 Å². The van der Waals surface area contributed by atoms with E-state index in [-0.39, 0.29) is 0 Å². The van der Waals surface area contributed by atoms with Gasteiger partial charge in [-0.05, 0) is 19.1 Å². The van der Waals surface area contributed by atoms with Crippen LogP contribution in [0.4, 0.5) is 5.69 Å². The molecular formula is C18H23N3. The summed E-state index contributed by atoms with van der Waals surface area (Å²) in [5.74, 6) is 2.74. The number of hydrogen-bond donors (Lipinski definition) is 1. The molecule has 0 bridgehead atoms. The first-order chi connectivity index (χ1) is 10.2. The van der Waals surface area contributed by atoms with E-state index in [4.69, 9.17) is 11.4 Å². The van der Waals surface area contributed by atoms with Crippen LogP contribution in [0.15, 0.2) is 30.3 Å². The molecule has 0 aliphatic rings. The molecule has 1 heterocycles. The highest BCUT2D eigenvalue weighted by Gasteiger charge is 2.11. The Morgan fingerprint density at radius 1 is 1.33 bits per heavy atom. The number of para-hydroxylation sites is 1. The Bertz CT molecular complexity index is 640. The highest BCUT2D eigenvalue weighted by atomic mass is 15.1. The summed E-state index contributed by atoms with van der Waals surface area (Å²) in [6.07, 6.45) is 5.50. The van der Waals surface area contributed by atoms with Gasteiger partial charge in [0.25, 0.3) is 0 Å². The maximum absolute atomic E-state index is 5.50. The molecule has 1 aromatic heterocycles. The fraction of sp³-hybridized carbons (Fsp3) is 0.389. The summed E-state index contributed by atoms with van der Waals surface area (Å²) in [5, 5.41) is 4.58. The smallest absolute Gasteiger partial charge is 0.0791 e. The van der Waals surface area contributed by atoms with Crippen molar-refractivity contribution in [3.05, 3.63) is 36.0 Å². The normalized spacial score (nSPS) is 10.8. The number of fused-ring (bicyclic) bond motifs is 1. The summed E-state index contributed by atoms with van der Waals surface area (Å²) in [6.45, 7) is 8.66. The molecule has 0 aliphatic carbocycles. The summed E-state index contributed by atoms with van der Waals surface area (Å²) in [4.78, 5) is 6.96. The summed E-state index contributed by atoms with van der Waals surface area (Å²) in [7, 11) is 0. The molecule has 0 saturated heterocycles. The van der Waals surface area contributed by atoms with E-state index in [9.17, 15) is 0 Å². The number of aromatic nitrogens is 1. The number of terminal acetylenes is 1. The Kier molecular flexibility index (Phi) is 5.19. The lowest BCUT2D eigenvalue weighted by atomic mass is 10.1. The van der Waals surface area contributed by atoms with Crippen molar-refractivity contribution >= 4 is 16.6 Å². The second kappa shape index (κ2) is 7.10. The predicted molar refractivity (Wildman–Crippen MR) is 90.4 cm³/mol. The van der Waals surface area contributed by atoms with Crippen LogP contribution < -0.4 is 10.2 Å². The van der Waals surface area contributed by atoms with Gasteiger partial charge in [-0.1, -0.05) is 38.0 Å². The molecule has 0 spiro atoms. The van der Waals surface area contributed by atoms with E-state index >= 15 is 0 Å². The van der Waals surface area contributed by atoms with Crippen LogP contribution in [0, 0.1) is 12.3 Å². The minimum Gasteiger partial charge on any atom is -0.360 e. The van der Waals surface area contributed by atoms with Crippen molar-refractivity contribution in [2.45, 2.75) is 33.4 Å². The summed E-state index contributed by atoms with van der Waals surface area (Å²) in [6, 6.07) is 10.8. The van der Waals surface area contributed by atoms with Crippen LogP contribution in [0.25, 0.3) is 10.9 Å². The third kappa shape index (κ3) is 3.74. The van der Waals surface area contributed by atoms with E-state index < -0.39 is 0 Å². The third-order valence-corrected chi connectivity index (χ3v) is 3.44. The van der Waals surface area contributed by atoms with Crippen molar-refractivity contribution < 1.29 is 0 Å². The molecule has 0 radical (unpaired) electrons. The first-order valence-corrected chi connectivity index (χ1v) is 7.46. The summed E-state index contributed by atoms with van der Waals surface area (Å²) in [5.41, 5.74) is 3.24. The molecule has 0 aliphatic heterocycles. The fourth-order valence-corrected chi connectivity index (χ4v) is 2.35. The fourth-order valence-electron chi connectivity index (χ4n) is 2.35. The van der Waals surface area contributed by atoms with Gasteiger partial charge in [-0.3, -0.25) is 4.98 Å². The number of nitrogens with one attached hydrogen (secondary N) is 1. The van der Waals surface area contributed by atoms with Gasteiger partial charge in [0.2, 0.25) is 0 Å². The maximum Gasteiger partial charge on any atom is 0.0791 e. The van der Waals surface area contributed by atoms with Crippen LogP contribution in [0.2, 0.25) is 0 Å². The monoisotopic (exact) mass is 281 g/mol. The second-order valence-electron chi connectivity index (χ2n) is 5.40. The van der Waals surface area contributed by atoms with Gasteiger partial charge < -0.3 is 10.2 Å². The number of nitrogens with zero attached hydrogens (tertiary/aromatic N) is 2. The number of pyridine rings is 1. The zero-order chi connectivity index (χ0) is 15.2. The SMILES string of the molecule is C#CCN(CC)c1cc(CNC(C)C)nc2ccccc12. The van der Waals surface area contributed by atoms with Crippen molar-refractivity contribution in [1.82, 2.24) is 10.3 Å². The molecule has 21 heavy (non-hydrogen) atoms. The lowest BCUT2D eigenvalue weighted by molar-refractivity contribution is 0.582. The topological polar surface area (TPSA) is 28.2 Å². The highest BCUT2D eigenvalue weighted by molar-refractivity contribution is 5.92. The molecule has 110 valence electrons. The highest BCUT2D eigenvalue weighted by Crippen LogP contribution is 2.26. The van der Waals surface area contributed by atoms with Gasteiger partial charge in [0.1, 0.15) is 0 Å². The standard InChI is InChI=1S/C18H23N3/c1-5-11-21(6-2)18-12-15(13-19-14(3)4)20-17-10-8-7-9-16(17)18/h1,7-10,12,14,19H,6,11,13H2,2-4H3. The summed E-state index contributed by atoms with van der Waals surface area (Å²) < 4.78 is 0. The van der Waals surface area contributed by atoms with Gasteiger partial charge in [0.05, 0.1) is 17.8 Å².